The van der Waals surface area contributed by atoms with Crippen LogP contribution < -0.4 is 4.74 Å². The molecule has 5 nitrogen and oxygen atoms in total. The number of rotatable bonds is 5. The molecule has 0 saturated heterocycles. The Bertz CT molecular complexity index is 617. The van der Waals surface area contributed by atoms with E-state index in [1.54, 1.807) is 17.9 Å². The Morgan fingerprint density at radius 1 is 1.40 bits per heavy atom. The first-order chi connectivity index (χ1) is 9.52. The van der Waals surface area contributed by atoms with Crippen LogP contribution in [0.3, 0.4) is 0 Å². The lowest BCUT2D eigenvalue weighted by atomic mass is 10.1. The Morgan fingerprint density at radius 3 is 2.70 bits per heavy atom. The monoisotopic (exact) mass is 274 g/mol. The number of hydrogen-bond donors (Lipinski definition) is 1. The summed E-state index contributed by atoms with van der Waals surface area (Å²) in [5.41, 5.74) is 1.94. The van der Waals surface area contributed by atoms with Crippen molar-refractivity contribution in [3.05, 3.63) is 47.3 Å². The molecule has 1 heterocycles. The lowest BCUT2D eigenvalue weighted by Gasteiger charge is -2.12. The second-order valence-electron chi connectivity index (χ2n) is 4.88. The molecule has 0 amide bonds. The van der Waals surface area contributed by atoms with Gasteiger partial charge in [-0.05, 0) is 18.1 Å². The minimum atomic E-state index is -1.01. The van der Waals surface area contributed by atoms with Crippen molar-refractivity contribution >= 4 is 5.97 Å². The van der Waals surface area contributed by atoms with Gasteiger partial charge in [0, 0.05) is 11.3 Å². The van der Waals surface area contributed by atoms with Gasteiger partial charge < -0.3 is 9.84 Å². The van der Waals surface area contributed by atoms with Crippen LogP contribution >= 0.6 is 0 Å². The minimum absolute atomic E-state index is 0.0728. The van der Waals surface area contributed by atoms with Crippen molar-refractivity contribution in [1.82, 2.24) is 9.78 Å². The predicted molar refractivity (Wildman–Crippen MR) is 75.4 cm³/mol. The van der Waals surface area contributed by atoms with E-state index in [4.69, 9.17) is 9.84 Å². The first-order valence-corrected chi connectivity index (χ1v) is 6.46. The maximum absolute atomic E-state index is 11.1. The van der Waals surface area contributed by atoms with E-state index in [0.29, 0.717) is 6.54 Å². The molecule has 0 fully saturated rings. The normalized spacial score (nSPS) is 10.8. The summed E-state index contributed by atoms with van der Waals surface area (Å²) in [6, 6.07) is 9.28. The molecule has 0 aliphatic heterocycles. The molecule has 2 aromatic rings. The van der Waals surface area contributed by atoms with E-state index in [1.807, 2.05) is 38.1 Å². The quantitative estimate of drug-likeness (QED) is 0.910. The summed E-state index contributed by atoms with van der Waals surface area (Å²) < 4.78 is 7.04. The van der Waals surface area contributed by atoms with Crippen LogP contribution in [0.2, 0.25) is 0 Å². The topological polar surface area (TPSA) is 64.4 Å². The van der Waals surface area contributed by atoms with Gasteiger partial charge >= 0.3 is 5.97 Å². The van der Waals surface area contributed by atoms with E-state index >= 15 is 0 Å². The number of aromatic nitrogens is 2. The fourth-order valence-electron chi connectivity index (χ4n) is 2.12. The molecule has 2 rings (SSSR count). The highest BCUT2D eigenvalue weighted by Crippen LogP contribution is 2.22. The van der Waals surface area contributed by atoms with Gasteiger partial charge in [0.1, 0.15) is 5.75 Å². The zero-order valence-corrected chi connectivity index (χ0v) is 11.8. The highest BCUT2D eigenvalue weighted by atomic mass is 16.5. The summed E-state index contributed by atoms with van der Waals surface area (Å²) in [5.74, 6) is -0.0365. The molecular formula is C15H18N2O3. The number of benzene rings is 1. The van der Waals surface area contributed by atoms with E-state index in [-0.39, 0.29) is 11.6 Å². The Balaban J connectivity index is 2.39. The van der Waals surface area contributed by atoms with Crippen LogP contribution in [0.15, 0.2) is 30.3 Å². The fraction of sp³-hybridized carbons (Fsp3) is 0.333. The van der Waals surface area contributed by atoms with Crippen molar-refractivity contribution in [2.75, 3.05) is 7.11 Å². The zero-order valence-electron chi connectivity index (χ0n) is 11.8. The molecule has 0 aliphatic rings. The molecule has 0 unspecified atom stereocenters. The van der Waals surface area contributed by atoms with E-state index in [0.717, 1.165) is 17.0 Å². The van der Waals surface area contributed by atoms with Crippen molar-refractivity contribution in [3.63, 3.8) is 0 Å². The highest BCUT2D eigenvalue weighted by Gasteiger charge is 2.16. The number of aromatic carboxylic acids is 1. The number of para-hydroxylation sites is 1. The van der Waals surface area contributed by atoms with Crippen LogP contribution in [-0.4, -0.2) is 28.0 Å². The second-order valence-corrected chi connectivity index (χ2v) is 4.88. The molecule has 1 aromatic carbocycles. The Labute approximate surface area is 117 Å². The maximum Gasteiger partial charge on any atom is 0.356 e. The van der Waals surface area contributed by atoms with E-state index in [9.17, 15) is 4.79 Å². The molecule has 0 spiro atoms. The Kier molecular flexibility index (Phi) is 4.08. The van der Waals surface area contributed by atoms with Crippen molar-refractivity contribution in [2.45, 2.75) is 26.3 Å². The molecule has 0 radical (unpaired) electrons. The van der Waals surface area contributed by atoms with Crippen LogP contribution in [0.1, 0.15) is 41.5 Å². The molecule has 5 heteroatoms. The Morgan fingerprint density at radius 2 is 2.10 bits per heavy atom. The Hall–Kier alpha value is -2.30. The zero-order chi connectivity index (χ0) is 14.7. The summed E-state index contributed by atoms with van der Waals surface area (Å²) >= 11 is 0. The van der Waals surface area contributed by atoms with Gasteiger partial charge in [0.05, 0.1) is 13.7 Å². The van der Waals surface area contributed by atoms with Gasteiger partial charge in [0.2, 0.25) is 0 Å². The number of carboxylic acid groups (broad SMARTS) is 1. The molecular weight excluding hydrogens is 256 g/mol. The van der Waals surface area contributed by atoms with Gasteiger partial charge in [-0.2, -0.15) is 5.10 Å². The second kappa shape index (κ2) is 5.77. The van der Waals surface area contributed by atoms with Gasteiger partial charge in [0.25, 0.3) is 0 Å². The van der Waals surface area contributed by atoms with Crippen molar-refractivity contribution in [1.29, 1.82) is 0 Å². The average Bonchev–Trinajstić information content (AvgIpc) is 2.84. The fourth-order valence-corrected chi connectivity index (χ4v) is 2.12. The van der Waals surface area contributed by atoms with Crippen LogP contribution in [0.4, 0.5) is 0 Å². The summed E-state index contributed by atoms with van der Waals surface area (Å²) in [6.07, 6.45) is 0. The summed E-state index contributed by atoms with van der Waals surface area (Å²) in [4.78, 5) is 11.1. The lowest BCUT2D eigenvalue weighted by Crippen LogP contribution is -2.09. The minimum Gasteiger partial charge on any atom is -0.496 e. The first kappa shape index (κ1) is 14.1. The molecule has 0 bridgehead atoms. The number of carboxylic acids is 1. The van der Waals surface area contributed by atoms with E-state index < -0.39 is 5.97 Å². The molecule has 20 heavy (non-hydrogen) atoms. The third kappa shape index (κ3) is 2.82. The third-order valence-electron chi connectivity index (χ3n) is 3.13. The van der Waals surface area contributed by atoms with Crippen molar-refractivity contribution < 1.29 is 14.6 Å². The van der Waals surface area contributed by atoms with Crippen LogP contribution in [0.5, 0.6) is 5.75 Å². The van der Waals surface area contributed by atoms with Crippen LogP contribution in [0, 0.1) is 0 Å². The van der Waals surface area contributed by atoms with E-state index in [1.165, 1.54) is 0 Å². The molecule has 1 aromatic heterocycles. The van der Waals surface area contributed by atoms with Crippen molar-refractivity contribution in [2.24, 2.45) is 0 Å². The summed E-state index contributed by atoms with van der Waals surface area (Å²) in [6.45, 7) is 4.52. The highest BCUT2D eigenvalue weighted by molar-refractivity contribution is 5.85. The number of methoxy groups -OCH3 is 1. The van der Waals surface area contributed by atoms with Gasteiger partial charge in [-0.3, -0.25) is 4.68 Å². The average molecular weight is 274 g/mol. The largest absolute Gasteiger partial charge is 0.496 e. The SMILES string of the molecule is COc1ccccc1Cn1nc(C(=O)O)cc1C(C)C. The smallest absolute Gasteiger partial charge is 0.356 e. The lowest BCUT2D eigenvalue weighted by molar-refractivity contribution is 0.0689. The number of ether oxygens (including phenoxy) is 1. The van der Waals surface area contributed by atoms with Gasteiger partial charge in [-0.15, -0.1) is 0 Å². The molecule has 0 atom stereocenters. The standard InChI is InChI=1S/C15H18N2O3/c1-10(2)13-8-12(15(18)19)16-17(13)9-11-6-4-5-7-14(11)20-3/h4-8,10H,9H2,1-3H3,(H,18,19). The maximum atomic E-state index is 11.1. The number of nitrogens with zero attached hydrogens (tertiary/aromatic N) is 2. The molecule has 0 saturated carbocycles. The number of hydrogen-bond acceptors (Lipinski definition) is 3. The van der Waals surface area contributed by atoms with E-state index in [2.05, 4.69) is 5.10 Å². The summed E-state index contributed by atoms with van der Waals surface area (Å²) in [7, 11) is 1.62. The van der Waals surface area contributed by atoms with Gasteiger partial charge in [0.15, 0.2) is 5.69 Å². The number of carbonyl (C=O) groups is 1. The molecule has 0 aliphatic carbocycles. The van der Waals surface area contributed by atoms with Crippen LogP contribution in [0.25, 0.3) is 0 Å². The summed E-state index contributed by atoms with van der Waals surface area (Å²) in [5, 5.41) is 13.2. The molecule has 1 N–H and O–H groups in total. The third-order valence-corrected chi connectivity index (χ3v) is 3.13. The van der Waals surface area contributed by atoms with Crippen LogP contribution in [-0.2, 0) is 6.54 Å². The predicted octanol–water partition coefficient (Wildman–Crippen LogP) is 2.76. The van der Waals surface area contributed by atoms with Gasteiger partial charge in [-0.1, -0.05) is 32.0 Å². The first-order valence-electron chi connectivity index (χ1n) is 6.46. The van der Waals surface area contributed by atoms with Gasteiger partial charge in [-0.25, -0.2) is 4.79 Å². The van der Waals surface area contributed by atoms with Crippen molar-refractivity contribution in [3.8, 4) is 5.75 Å². The molecule has 106 valence electrons.